The Hall–Kier alpha value is -1.09. The Bertz CT molecular complexity index is 461. The number of sulfone groups is 1. The van der Waals surface area contributed by atoms with Crippen LogP contribution in [0.5, 0.6) is 0 Å². The summed E-state index contributed by atoms with van der Waals surface area (Å²) in [7, 11) is -3.12. The molecule has 1 aliphatic rings. The molecule has 0 atom stereocenters. The van der Waals surface area contributed by atoms with Crippen molar-refractivity contribution in [2.75, 3.05) is 0 Å². The van der Waals surface area contributed by atoms with Crippen LogP contribution < -0.4 is 0 Å². The van der Waals surface area contributed by atoms with Gasteiger partial charge in [-0.3, -0.25) is 0 Å². The van der Waals surface area contributed by atoms with Crippen molar-refractivity contribution in [3.05, 3.63) is 42.0 Å². The van der Waals surface area contributed by atoms with Gasteiger partial charge in [0.05, 0.1) is 10.1 Å². The minimum absolute atomic E-state index is 0.250. The van der Waals surface area contributed by atoms with Crippen LogP contribution in [0.3, 0.4) is 0 Å². The van der Waals surface area contributed by atoms with E-state index in [-0.39, 0.29) is 5.25 Å². The first-order chi connectivity index (χ1) is 7.10. The molecule has 1 aromatic carbocycles. The summed E-state index contributed by atoms with van der Waals surface area (Å²) in [4.78, 5) is 0.446. The van der Waals surface area contributed by atoms with Crippen LogP contribution >= 0.6 is 0 Å². The fourth-order valence-corrected chi connectivity index (χ4v) is 3.40. The van der Waals surface area contributed by atoms with Gasteiger partial charge >= 0.3 is 0 Å². The van der Waals surface area contributed by atoms with E-state index in [0.29, 0.717) is 17.7 Å². The molecule has 0 fully saturated rings. The van der Waals surface area contributed by atoms with E-state index in [1.165, 1.54) is 0 Å². The Morgan fingerprint density at radius 2 is 1.60 bits per heavy atom. The number of benzene rings is 1. The van der Waals surface area contributed by atoms with E-state index < -0.39 is 9.84 Å². The lowest BCUT2D eigenvalue weighted by Crippen LogP contribution is -2.18. The van der Waals surface area contributed by atoms with E-state index in [4.69, 9.17) is 0 Å². The molecule has 1 aromatic rings. The summed E-state index contributed by atoms with van der Waals surface area (Å²) >= 11 is 0. The second-order valence-corrected chi connectivity index (χ2v) is 6.15. The Kier molecular flexibility index (Phi) is 2.65. The largest absolute Gasteiger partial charge is 0.223 e. The number of hydrogen-bond donors (Lipinski definition) is 0. The molecule has 3 heteroatoms. The van der Waals surface area contributed by atoms with Gasteiger partial charge in [0.15, 0.2) is 9.84 Å². The van der Waals surface area contributed by atoms with Gasteiger partial charge in [-0.15, -0.1) is 0 Å². The molecule has 15 heavy (non-hydrogen) atoms. The normalized spacial score (nSPS) is 17.1. The summed E-state index contributed by atoms with van der Waals surface area (Å²) < 4.78 is 24.2. The molecule has 0 saturated carbocycles. The Labute approximate surface area is 90.6 Å². The Balaban J connectivity index is 2.33. The third kappa shape index (κ3) is 1.97. The fraction of sp³-hybridized carbons (Fsp3) is 0.333. The van der Waals surface area contributed by atoms with Crippen molar-refractivity contribution >= 4 is 9.84 Å². The van der Waals surface area contributed by atoms with Crippen LogP contribution in [0.15, 0.2) is 41.3 Å². The Morgan fingerprint density at radius 3 is 2.13 bits per heavy atom. The highest BCUT2D eigenvalue weighted by Gasteiger charge is 2.27. The van der Waals surface area contributed by atoms with Crippen LogP contribution in [0.4, 0.5) is 0 Å². The van der Waals surface area contributed by atoms with Gasteiger partial charge in [-0.1, -0.05) is 29.8 Å². The number of hydrogen-bond acceptors (Lipinski definition) is 2. The van der Waals surface area contributed by atoms with E-state index in [2.05, 4.69) is 0 Å². The third-order valence-corrected chi connectivity index (χ3v) is 4.94. The van der Waals surface area contributed by atoms with E-state index in [0.717, 1.165) is 5.56 Å². The Morgan fingerprint density at radius 1 is 1.07 bits per heavy atom. The highest BCUT2D eigenvalue weighted by atomic mass is 32.2. The highest BCUT2D eigenvalue weighted by Crippen LogP contribution is 2.25. The third-order valence-electron chi connectivity index (χ3n) is 2.75. The lowest BCUT2D eigenvalue weighted by Gasteiger charge is -2.11. The maximum absolute atomic E-state index is 12.1. The smallest absolute Gasteiger partial charge is 0.181 e. The molecule has 0 aliphatic heterocycles. The van der Waals surface area contributed by atoms with Crippen molar-refractivity contribution in [1.29, 1.82) is 0 Å². The molecule has 80 valence electrons. The highest BCUT2D eigenvalue weighted by molar-refractivity contribution is 7.92. The molecule has 0 unspecified atom stereocenters. The molecule has 0 radical (unpaired) electrons. The average Bonchev–Trinajstić information content (AvgIpc) is 2.71. The molecular weight excluding hydrogens is 208 g/mol. The van der Waals surface area contributed by atoms with Gasteiger partial charge in [0.2, 0.25) is 0 Å². The van der Waals surface area contributed by atoms with E-state index in [1.54, 1.807) is 12.1 Å². The zero-order valence-electron chi connectivity index (χ0n) is 8.68. The summed E-state index contributed by atoms with van der Waals surface area (Å²) in [6, 6.07) is 7.08. The van der Waals surface area contributed by atoms with Gasteiger partial charge in [0.25, 0.3) is 0 Å². The van der Waals surface area contributed by atoms with Gasteiger partial charge in [0, 0.05) is 0 Å². The van der Waals surface area contributed by atoms with Crippen LogP contribution in [0.2, 0.25) is 0 Å². The monoisotopic (exact) mass is 222 g/mol. The van der Waals surface area contributed by atoms with E-state index >= 15 is 0 Å². The lowest BCUT2D eigenvalue weighted by atomic mass is 10.2. The van der Waals surface area contributed by atoms with Crippen molar-refractivity contribution in [2.45, 2.75) is 29.9 Å². The predicted molar refractivity (Wildman–Crippen MR) is 60.5 cm³/mol. The van der Waals surface area contributed by atoms with Crippen molar-refractivity contribution in [3.8, 4) is 0 Å². The maximum atomic E-state index is 12.1. The first kappa shape index (κ1) is 10.4. The van der Waals surface area contributed by atoms with Gasteiger partial charge in [0.1, 0.15) is 0 Å². The van der Waals surface area contributed by atoms with Crippen molar-refractivity contribution in [1.82, 2.24) is 0 Å². The van der Waals surface area contributed by atoms with E-state index in [1.807, 2.05) is 31.2 Å². The standard InChI is InChI=1S/C12H14O2S/c1-10-6-8-12(9-7-10)15(13,14)11-4-2-3-5-11/h2-3,6-9,11H,4-5H2,1H3. The number of rotatable bonds is 2. The average molecular weight is 222 g/mol. The fourth-order valence-electron chi connectivity index (χ4n) is 1.77. The zero-order valence-corrected chi connectivity index (χ0v) is 9.50. The topological polar surface area (TPSA) is 34.1 Å². The summed E-state index contributed by atoms with van der Waals surface area (Å²) in [6.07, 6.45) is 5.18. The number of allylic oxidation sites excluding steroid dienone is 2. The molecule has 0 spiro atoms. The van der Waals surface area contributed by atoms with Gasteiger partial charge in [-0.05, 0) is 31.9 Å². The van der Waals surface area contributed by atoms with Crippen LogP contribution in [0.25, 0.3) is 0 Å². The summed E-state index contributed by atoms with van der Waals surface area (Å²) in [6.45, 7) is 1.95. The van der Waals surface area contributed by atoms with Gasteiger partial charge in [-0.2, -0.15) is 0 Å². The molecule has 0 aromatic heterocycles. The molecule has 0 saturated heterocycles. The molecule has 1 aliphatic carbocycles. The molecule has 0 amide bonds. The minimum atomic E-state index is -3.12. The SMILES string of the molecule is Cc1ccc(S(=O)(=O)C2CC=CC2)cc1. The molecule has 0 bridgehead atoms. The predicted octanol–water partition coefficient (Wildman–Crippen LogP) is 2.49. The first-order valence-electron chi connectivity index (χ1n) is 5.06. The van der Waals surface area contributed by atoms with Crippen LogP contribution in [0.1, 0.15) is 18.4 Å². The quantitative estimate of drug-likeness (QED) is 0.720. The molecule has 2 nitrogen and oxygen atoms in total. The van der Waals surface area contributed by atoms with Crippen molar-refractivity contribution < 1.29 is 8.42 Å². The minimum Gasteiger partial charge on any atom is -0.223 e. The van der Waals surface area contributed by atoms with Gasteiger partial charge in [-0.25, -0.2) is 8.42 Å². The second-order valence-electron chi connectivity index (χ2n) is 3.92. The summed E-state index contributed by atoms with van der Waals surface area (Å²) in [5.41, 5.74) is 1.08. The van der Waals surface area contributed by atoms with Gasteiger partial charge < -0.3 is 0 Å². The van der Waals surface area contributed by atoms with Crippen LogP contribution in [-0.4, -0.2) is 13.7 Å². The first-order valence-corrected chi connectivity index (χ1v) is 6.61. The van der Waals surface area contributed by atoms with Crippen LogP contribution in [0, 0.1) is 6.92 Å². The molecule has 2 rings (SSSR count). The molecular formula is C12H14O2S. The maximum Gasteiger partial charge on any atom is 0.181 e. The number of aryl methyl sites for hydroxylation is 1. The lowest BCUT2D eigenvalue weighted by molar-refractivity contribution is 0.582. The summed E-state index contributed by atoms with van der Waals surface area (Å²) in [5, 5.41) is -0.250. The van der Waals surface area contributed by atoms with Crippen molar-refractivity contribution in [2.24, 2.45) is 0 Å². The zero-order chi connectivity index (χ0) is 10.9. The van der Waals surface area contributed by atoms with Crippen LogP contribution in [-0.2, 0) is 9.84 Å². The molecule has 0 heterocycles. The second kappa shape index (κ2) is 3.81. The molecule has 0 N–H and O–H groups in total. The van der Waals surface area contributed by atoms with Crippen molar-refractivity contribution in [3.63, 3.8) is 0 Å². The summed E-state index contributed by atoms with van der Waals surface area (Å²) in [5.74, 6) is 0. The van der Waals surface area contributed by atoms with E-state index in [9.17, 15) is 8.42 Å².